The van der Waals surface area contributed by atoms with E-state index < -0.39 is 24.1 Å². The van der Waals surface area contributed by atoms with Gasteiger partial charge in [-0.1, -0.05) is 0 Å². The van der Waals surface area contributed by atoms with Crippen molar-refractivity contribution in [3.05, 3.63) is 0 Å². The van der Waals surface area contributed by atoms with E-state index in [-0.39, 0.29) is 12.8 Å². The number of carbonyl (C=O) groups is 2. The highest BCUT2D eigenvalue weighted by atomic mass is 16.6. The molecule has 0 fully saturated rings. The van der Waals surface area contributed by atoms with Gasteiger partial charge in [0.05, 0.1) is 0 Å². The van der Waals surface area contributed by atoms with Crippen molar-refractivity contribution >= 4 is 11.9 Å². The number of carboxylic acids is 2. The monoisotopic (exact) mass is 208 g/mol. The molecule has 0 rings (SSSR count). The van der Waals surface area contributed by atoms with Crippen LogP contribution in [0.1, 0.15) is 12.8 Å². The molecule has 0 radical (unpaired) electrons. The van der Waals surface area contributed by atoms with Crippen LogP contribution in [-0.4, -0.2) is 34.4 Å². The van der Waals surface area contributed by atoms with Gasteiger partial charge in [-0.05, 0) is 12.8 Å². The maximum Gasteiger partial charge on any atom is 0.334 e. The molecule has 0 aliphatic carbocycles. The first kappa shape index (κ1) is 12.8. The highest BCUT2D eigenvalue weighted by Crippen LogP contribution is 2.06. The summed E-state index contributed by atoms with van der Waals surface area (Å²) < 4.78 is 0. The van der Waals surface area contributed by atoms with Gasteiger partial charge in [-0.2, -0.15) is 0 Å². The lowest BCUT2D eigenvalue weighted by Crippen LogP contribution is -2.32. The normalized spacial score (nSPS) is 14.7. The van der Waals surface area contributed by atoms with Crippen molar-refractivity contribution in [2.24, 2.45) is 11.8 Å². The molecule has 0 spiro atoms. The molecule has 0 aliphatic heterocycles. The molecular weight excluding hydrogens is 196 g/mol. The zero-order valence-electron chi connectivity index (χ0n) is 7.25. The SMILES string of the molecule is NOC(CCC(ON)C(=O)O)C(=O)O. The summed E-state index contributed by atoms with van der Waals surface area (Å²) in [6, 6.07) is 0. The van der Waals surface area contributed by atoms with Gasteiger partial charge in [0.15, 0.2) is 12.2 Å². The minimum Gasteiger partial charge on any atom is -0.479 e. The van der Waals surface area contributed by atoms with E-state index in [2.05, 4.69) is 21.5 Å². The van der Waals surface area contributed by atoms with Crippen LogP contribution in [0.3, 0.4) is 0 Å². The Labute approximate surface area is 79.3 Å². The summed E-state index contributed by atoms with van der Waals surface area (Å²) >= 11 is 0. The molecule has 8 heteroatoms. The second-order valence-corrected chi connectivity index (χ2v) is 2.50. The van der Waals surface area contributed by atoms with Crippen LogP contribution in [0.15, 0.2) is 0 Å². The third kappa shape index (κ3) is 4.14. The molecule has 0 saturated heterocycles. The second kappa shape index (κ2) is 6.27. The summed E-state index contributed by atoms with van der Waals surface area (Å²) in [5, 5.41) is 16.9. The van der Waals surface area contributed by atoms with Gasteiger partial charge in [-0.15, -0.1) is 0 Å². The molecule has 0 bridgehead atoms. The number of rotatable bonds is 7. The Morgan fingerprint density at radius 1 is 1.00 bits per heavy atom. The molecule has 2 unspecified atom stereocenters. The lowest BCUT2D eigenvalue weighted by atomic mass is 10.1. The van der Waals surface area contributed by atoms with Gasteiger partial charge in [0.2, 0.25) is 0 Å². The summed E-state index contributed by atoms with van der Waals surface area (Å²) in [4.78, 5) is 28.9. The minimum atomic E-state index is -1.27. The fourth-order valence-corrected chi connectivity index (χ4v) is 0.802. The van der Waals surface area contributed by atoms with Crippen LogP contribution in [0.4, 0.5) is 0 Å². The first-order chi connectivity index (χ1) is 6.52. The first-order valence-corrected chi connectivity index (χ1v) is 3.69. The Hall–Kier alpha value is -1.22. The van der Waals surface area contributed by atoms with E-state index in [1.54, 1.807) is 0 Å². The van der Waals surface area contributed by atoms with Crippen LogP contribution in [0.25, 0.3) is 0 Å². The summed E-state index contributed by atoms with van der Waals surface area (Å²) in [6.07, 6.45) is -2.71. The van der Waals surface area contributed by atoms with Gasteiger partial charge in [-0.3, -0.25) is 9.68 Å². The van der Waals surface area contributed by atoms with E-state index in [1.807, 2.05) is 0 Å². The van der Waals surface area contributed by atoms with Crippen LogP contribution in [0, 0.1) is 0 Å². The van der Waals surface area contributed by atoms with Crippen LogP contribution in [0.5, 0.6) is 0 Å². The predicted octanol–water partition coefficient (Wildman–Crippen LogP) is -1.55. The van der Waals surface area contributed by atoms with Crippen molar-refractivity contribution in [1.82, 2.24) is 0 Å². The largest absolute Gasteiger partial charge is 0.479 e. The Balaban J connectivity index is 4.00. The van der Waals surface area contributed by atoms with Gasteiger partial charge >= 0.3 is 11.9 Å². The van der Waals surface area contributed by atoms with Crippen molar-refractivity contribution in [3.8, 4) is 0 Å². The summed E-state index contributed by atoms with van der Waals surface area (Å²) in [5.74, 6) is 6.81. The zero-order valence-corrected chi connectivity index (χ0v) is 7.25. The van der Waals surface area contributed by atoms with E-state index >= 15 is 0 Å². The molecule has 0 aliphatic rings. The number of hydrogen-bond acceptors (Lipinski definition) is 6. The van der Waals surface area contributed by atoms with E-state index in [0.29, 0.717) is 0 Å². The molecule has 8 nitrogen and oxygen atoms in total. The highest BCUT2D eigenvalue weighted by molar-refractivity contribution is 5.73. The standard InChI is InChI=1S/C6H12N2O6/c7-13-3(5(9)10)1-2-4(14-8)6(11)12/h3-4H,1-2,7-8H2,(H,9,10)(H,11,12). The Bertz CT molecular complexity index is 186. The van der Waals surface area contributed by atoms with Crippen LogP contribution in [0.2, 0.25) is 0 Å². The lowest BCUT2D eigenvalue weighted by molar-refractivity contribution is -0.156. The maximum atomic E-state index is 10.4. The summed E-state index contributed by atoms with van der Waals surface area (Å²) in [5.41, 5.74) is 0. The Kier molecular flexibility index (Phi) is 5.72. The van der Waals surface area contributed by atoms with E-state index in [0.717, 1.165) is 0 Å². The Morgan fingerprint density at radius 3 is 1.43 bits per heavy atom. The molecule has 0 aromatic heterocycles. The third-order valence-corrected chi connectivity index (χ3v) is 1.57. The predicted molar refractivity (Wildman–Crippen MR) is 42.6 cm³/mol. The van der Waals surface area contributed by atoms with Crippen LogP contribution in [-0.2, 0) is 19.3 Å². The summed E-state index contributed by atoms with van der Waals surface area (Å²) in [6.45, 7) is 0. The summed E-state index contributed by atoms with van der Waals surface area (Å²) in [7, 11) is 0. The molecule has 6 N–H and O–H groups in total. The second-order valence-electron chi connectivity index (χ2n) is 2.50. The van der Waals surface area contributed by atoms with Crippen molar-refractivity contribution < 1.29 is 29.5 Å². The van der Waals surface area contributed by atoms with Crippen molar-refractivity contribution in [1.29, 1.82) is 0 Å². The molecule has 14 heavy (non-hydrogen) atoms. The molecule has 82 valence electrons. The molecular formula is C6H12N2O6. The van der Waals surface area contributed by atoms with Gasteiger partial charge < -0.3 is 10.2 Å². The maximum absolute atomic E-state index is 10.4. The fourth-order valence-electron chi connectivity index (χ4n) is 0.802. The fraction of sp³-hybridized carbons (Fsp3) is 0.667. The van der Waals surface area contributed by atoms with Gasteiger partial charge in [0.25, 0.3) is 0 Å². The number of aliphatic carboxylic acids is 2. The topological polar surface area (TPSA) is 145 Å². The molecule has 0 heterocycles. The Morgan fingerprint density at radius 2 is 1.29 bits per heavy atom. The smallest absolute Gasteiger partial charge is 0.334 e. The average Bonchev–Trinajstić information content (AvgIpc) is 2.11. The molecule has 0 aromatic rings. The van der Waals surface area contributed by atoms with Gasteiger partial charge in [0.1, 0.15) is 0 Å². The average molecular weight is 208 g/mol. The number of carboxylic acid groups (broad SMARTS) is 2. The highest BCUT2D eigenvalue weighted by Gasteiger charge is 2.23. The third-order valence-electron chi connectivity index (χ3n) is 1.57. The molecule has 0 amide bonds. The first-order valence-electron chi connectivity index (χ1n) is 3.69. The van der Waals surface area contributed by atoms with Crippen molar-refractivity contribution in [3.63, 3.8) is 0 Å². The lowest BCUT2D eigenvalue weighted by Gasteiger charge is -2.12. The molecule has 0 aromatic carbocycles. The van der Waals surface area contributed by atoms with Crippen molar-refractivity contribution in [2.45, 2.75) is 25.0 Å². The van der Waals surface area contributed by atoms with E-state index in [9.17, 15) is 9.59 Å². The minimum absolute atomic E-state index is 0.0972. The quantitative estimate of drug-likeness (QED) is 0.368. The van der Waals surface area contributed by atoms with Crippen LogP contribution >= 0.6 is 0 Å². The number of nitrogens with two attached hydrogens (primary N) is 2. The van der Waals surface area contributed by atoms with Crippen LogP contribution < -0.4 is 11.8 Å². The van der Waals surface area contributed by atoms with Gasteiger partial charge in [0, 0.05) is 0 Å². The van der Waals surface area contributed by atoms with E-state index in [4.69, 9.17) is 10.2 Å². The molecule has 0 saturated carbocycles. The number of hydrogen-bond donors (Lipinski definition) is 4. The van der Waals surface area contributed by atoms with Gasteiger partial charge in [-0.25, -0.2) is 21.4 Å². The molecule has 2 atom stereocenters. The zero-order chi connectivity index (χ0) is 11.1. The van der Waals surface area contributed by atoms with E-state index in [1.165, 1.54) is 0 Å². The van der Waals surface area contributed by atoms with Crippen molar-refractivity contribution in [2.75, 3.05) is 0 Å².